The lowest BCUT2D eigenvalue weighted by molar-refractivity contribution is 0.0495. The van der Waals surface area contributed by atoms with Gasteiger partial charge in [-0.3, -0.25) is 9.59 Å². The average Bonchev–Trinajstić information content (AvgIpc) is 2.49. The number of rotatable bonds is 1. The molecular formula is C15H21N3O2. The van der Waals surface area contributed by atoms with Gasteiger partial charge in [-0.05, 0) is 50.3 Å². The lowest BCUT2D eigenvalue weighted by atomic mass is 9.71. The molecule has 5 heteroatoms. The first-order chi connectivity index (χ1) is 9.69. The first-order valence-corrected chi connectivity index (χ1v) is 7.37. The van der Waals surface area contributed by atoms with Gasteiger partial charge in [-0.25, -0.2) is 0 Å². The van der Waals surface area contributed by atoms with E-state index in [0.717, 1.165) is 39.0 Å². The third-order valence-electron chi connectivity index (χ3n) is 4.81. The van der Waals surface area contributed by atoms with Crippen molar-refractivity contribution >= 4 is 5.91 Å². The Bertz CT molecular complexity index is 516. The summed E-state index contributed by atoms with van der Waals surface area (Å²) in [6.07, 6.45) is 6.18. The number of hydrogen-bond acceptors (Lipinski definition) is 3. The number of hydrogen-bond donors (Lipinski definition) is 2. The molecule has 2 N–H and O–H groups in total. The summed E-state index contributed by atoms with van der Waals surface area (Å²) in [5.74, 6) is 0.0324. The van der Waals surface area contributed by atoms with Crippen LogP contribution in [0.15, 0.2) is 23.1 Å². The summed E-state index contributed by atoms with van der Waals surface area (Å²) in [7, 11) is 0. The van der Waals surface area contributed by atoms with Crippen LogP contribution in [0.2, 0.25) is 0 Å². The maximum Gasteiger partial charge on any atom is 0.255 e. The molecule has 2 aliphatic rings. The topological polar surface area (TPSA) is 65.2 Å². The minimum atomic E-state index is -0.172. The lowest BCUT2D eigenvalue weighted by Crippen LogP contribution is -2.47. The molecule has 0 saturated carbocycles. The highest BCUT2D eigenvalue weighted by atomic mass is 16.2. The fourth-order valence-electron chi connectivity index (χ4n) is 3.37. The molecule has 0 radical (unpaired) electrons. The van der Waals surface area contributed by atoms with E-state index in [2.05, 4.69) is 10.3 Å². The van der Waals surface area contributed by atoms with Gasteiger partial charge in [0.25, 0.3) is 5.91 Å². The van der Waals surface area contributed by atoms with E-state index in [9.17, 15) is 9.59 Å². The number of aromatic nitrogens is 1. The molecule has 0 aromatic carbocycles. The zero-order valence-corrected chi connectivity index (χ0v) is 11.7. The van der Waals surface area contributed by atoms with Gasteiger partial charge in [0.05, 0.1) is 5.56 Å². The number of nitrogens with zero attached hydrogens (tertiary/aromatic N) is 1. The largest absolute Gasteiger partial charge is 0.339 e. The van der Waals surface area contributed by atoms with Crippen molar-refractivity contribution in [3.63, 3.8) is 0 Å². The molecule has 20 heavy (non-hydrogen) atoms. The third kappa shape index (κ3) is 2.63. The van der Waals surface area contributed by atoms with Crippen LogP contribution in [0.3, 0.4) is 0 Å². The molecule has 2 fully saturated rings. The van der Waals surface area contributed by atoms with Gasteiger partial charge in [-0.2, -0.15) is 0 Å². The maximum atomic E-state index is 12.4. The van der Waals surface area contributed by atoms with E-state index in [4.69, 9.17) is 0 Å². The smallest absolute Gasteiger partial charge is 0.255 e. The summed E-state index contributed by atoms with van der Waals surface area (Å²) in [5, 5.41) is 3.41. The Kier molecular flexibility index (Phi) is 3.61. The van der Waals surface area contributed by atoms with Crippen LogP contribution in [-0.2, 0) is 0 Å². The number of amides is 1. The normalized spacial score (nSPS) is 21.9. The molecule has 0 unspecified atom stereocenters. The van der Waals surface area contributed by atoms with Gasteiger partial charge >= 0.3 is 0 Å². The zero-order valence-electron chi connectivity index (χ0n) is 11.7. The molecule has 0 aliphatic carbocycles. The van der Waals surface area contributed by atoms with Gasteiger partial charge in [0.2, 0.25) is 5.56 Å². The number of likely N-dealkylation sites (tertiary alicyclic amines) is 1. The van der Waals surface area contributed by atoms with Crippen LogP contribution in [0.25, 0.3) is 0 Å². The third-order valence-corrected chi connectivity index (χ3v) is 4.81. The Morgan fingerprint density at radius 3 is 2.40 bits per heavy atom. The molecule has 0 bridgehead atoms. The summed E-state index contributed by atoms with van der Waals surface area (Å²) in [5.41, 5.74) is 0.854. The van der Waals surface area contributed by atoms with Crippen molar-refractivity contribution in [2.24, 2.45) is 5.41 Å². The van der Waals surface area contributed by atoms with Crippen LogP contribution in [0, 0.1) is 5.41 Å². The van der Waals surface area contributed by atoms with E-state index >= 15 is 0 Å². The molecular weight excluding hydrogens is 254 g/mol. The molecule has 1 aromatic heterocycles. The van der Waals surface area contributed by atoms with Gasteiger partial charge in [-0.1, -0.05) is 0 Å². The van der Waals surface area contributed by atoms with Gasteiger partial charge < -0.3 is 15.2 Å². The highest BCUT2D eigenvalue weighted by Gasteiger charge is 2.36. The number of H-pyrrole nitrogens is 1. The molecule has 3 rings (SSSR count). The summed E-state index contributed by atoms with van der Waals surface area (Å²) < 4.78 is 0. The van der Waals surface area contributed by atoms with E-state index in [1.807, 2.05) is 4.90 Å². The second-order valence-corrected chi connectivity index (χ2v) is 5.98. The van der Waals surface area contributed by atoms with Crippen molar-refractivity contribution in [1.29, 1.82) is 0 Å². The highest BCUT2D eigenvalue weighted by Crippen LogP contribution is 2.39. The highest BCUT2D eigenvalue weighted by molar-refractivity contribution is 5.93. The maximum absolute atomic E-state index is 12.4. The first kappa shape index (κ1) is 13.4. The SMILES string of the molecule is O=C(c1ccc(=O)[nH]c1)N1CCC2(CCNCC2)CC1. The number of aromatic amines is 1. The van der Waals surface area contributed by atoms with Gasteiger partial charge in [0, 0.05) is 25.4 Å². The van der Waals surface area contributed by atoms with Crippen molar-refractivity contribution in [2.45, 2.75) is 25.7 Å². The fourth-order valence-corrected chi connectivity index (χ4v) is 3.37. The lowest BCUT2D eigenvalue weighted by Gasteiger charge is -2.44. The molecule has 1 spiro atoms. The summed E-state index contributed by atoms with van der Waals surface area (Å²) in [6, 6.07) is 3.02. The van der Waals surface area contributed by atoms with Crippen molar-refractivity contribution in [3.8, 4) is 0 Å². The van der Waals surface area contributed by atoms with Crippen LogP contribution < -0.4 is 10.9 Å². The summed E-state index contributed by atoms with van der Waals surface area (Å²) in [4.78, 5) is 27.9. The van der Waals surface area contributed by atoms with Crippen LogP contribution in [-0.4, -0.2) is 42.0 Å². The monoisotopic (exact) mass is 275 g/mol. The second kappa shape index (κ2) is 5.40. The van der Waals surface area contributed by atoms with Crippen molar-refractivity contribution in [2.75, 3.05) is 26.2 Å². The van der Waals surface area contributed by atoms with Crippen molar-refractivity contribution < 1.29 is 4.79 Å². The van der Waals surface area contributed by atoms with E-state index in [1.165, 1.54) is 25.1 Å². The van der Waals surface area contributed by atoms with Crippen LogP contribution in [0.4, 0.5) is 0 Å². The van der Waals surface area contributed by atoms with Crippen LogP contribution >= 0.6 is 0 Å². The number of carbonyl (C=O) groups excluding carboxylic acids is 1. The standard InChI is InChI=1S/C15H21N3O2/c19-13-2-1-12(11-17-13)14(20)18-9-5-15(6-10-18)3-7-16-8-4-15/h1-2,11,16H,3-10H2,(H,17,19). The molecule has 2 saturated heterocycles. The molecule has 1 aromatic rings. The van der Waals surface area contributed by atoms with Crippen molar-refractivity contribution in [1.82, 2.24) is 15.2 Å². The quantitative estimate of drug-likeness (QED) is 0.803. The number of nitrogens with one attached hydrogen (secondary N) is 2. The van der Waals surface area contributed by atoms with Gasteiger partial charge in [-0.15, -0.1) is 0 Å². The second-order valence-electron chi connectivity index (χ2n) is 5.98. The van der Waals surface area contributed by atoms with E-state index in [0.29, 0.717) is 11.0 Å². The van der Waals surface area contributed by atoms with Crippen LogP contribution in [0.1, 0.15) is 36.0 Å². The Morgan fingerprint density at radius 1 is 1.10 bits per heavy atom. The minimum Gasteiger partial charge on any atom is -0.339 e. The summed E-state index contributed by atoms with van der Waals surface area (Å²) in [6.45, 7) is 3.87. The molecule has 2 aliphatic heterocycles. The predicted molar refractivity (Wildman–Crippen MR) is 76.7 cm³/mol. The minimum absolute atomic E-state index is 0.0324. The number of piperidine rings is 2. The predicted octanol–water partition coefficient (Wildman–Crippen LogP) is 0.981. The van der Waals surface area contributed by atoms with Gasteiger partial charge in [0.1, 0.15) is 0 Å². The first-order valence-electron chi connectivity index (χ1n) is 7.37. The van der Waals surface area contributed by atoms with E-state index in [-0.39, 0.29) is 11.5 Å². The Labute approximate surface area is 118 Å². The van der Waals surface area contributed by atoms with Crippen LogP contribution in [0.5, 0.6) is 0 Å². The van der Waals surface area contributed by atoms with E-state index in [1.54, 1.807) is 6.07 Å². The fraction of sp³-hybridized carbons (Fsp3) is 0.600. The Balaban J connectivity index is 1.64. The molecule has 1 amide bonds. The number of pyridine rings is 1. The molecule has 108 valence electrons. The Morgan fingerprint density at radius 2 is 1.80 bits per heavy atom. The van der Waals surface area contributed by atoms with E-state index < -0.39 is 0 Å². The number of carbonyl (C=O) groups is 1. The average molecular weight is 275 g/mol. The van der Waals surface area contributed by atoms with Gasteiger partial charge in [0.15, 0.2) is 0 Å². The Hall–Kier alpha value is -1.62. The zero-order chi connectivity index (χ0) is 14.0. The molecule has 3 heterocycles. The molecule has 5 nitrogen and oxygen atoms in total. The van der Waals surface area contributed by atoms with Crippen molar-refractivity contribution in [3.05, 3.63) is 34.2 Å². The molecule has 0 atom stereocenters. The summed E-state index contributed by atoms with van der Waals surface area (Å²) >= 11 is 0.